The van der Waals surface area contributed by atoms with E-state index in [4.69, 9.17) is 4.18 Å². The minimum Gasteiger partial charge on any atom is -0.380 e. The Morgan fingerprint density at radius 2 is 1.59 bits per heavy atom. The van der Waals surface area contributed by atoms with Crippen LogP contribution in [0.2, 0.25) is 0 Å². The fraction of sp³-hybridized carbons (Fsp3) is 0.844. The molecule has 1 heterocycles. The van der Waals surface area contributed by atoms with Gasteiger partial charge in [0.1, 0.15) is 5.76 Å². The second-order valence-electron chi connectivity index (χ2n) is 15.2. The van der Waals surface area contributed by atoms with Crippen LogP contribution in [-0.2, 0) is 23.8 Å². The van der Waals surface area contributed by atoms with Gasteiger partial charge in [0.25, 0.3) is 0 Å². The molecule has 41 heavy (non-hydrogen) atoms. The van der Waals surface area contributed by atoms with Crippen LogP contribution in [0.4, 0.5) is 13.2 Å². The first kappa shape index (κ1) is 31.1. The summed E-state index contributed by atoms with van der Waals surface area (Å²) in [4.78, 5) is 13.1. The first-order chi connectivity index (χ1) is 18.8. The van der Waals surface area contributed by atoms with Crippen molar-refractivity contribution in [2.75, 3.05) is 13.2 Å². The normalized spacial score (nSPS) is 41.3. The number of halogens is 3. The number of epoxide rings is 1. The van der Waals surface area contributed by atoms with E-state index in [1.807, 2.05) is 13.8 Å². The van der Waals surface area contributed by atoms with Crippen molar-refractivity contribution in [2.45, 2.75) is 105 Å². The van der Waals surface area contributed by atoms with Crippen molar-refractivity contribution in [1.82, 2.24) is 0 Å². The van der Waals surface area contributed by atoms with Crippen LogP contribution in [0.3, 0.4) is 0 Å². The van der Waals surface area contributed by atoms with E-state index in [0.29, 0.717) is 36.4 Å². The van der Waals surface area contributed by atoms with Gasteiger partial charge in [0.05, 0.1) is 13.2 Å². The molecule has 0 aromatic rings. The van der Waals surface area contributed by atoms with Gasteiger partial charge in [0.15, 0.2) is 5.78 Å². The molecule has 6 aliphatic rings. The van der Waals surface area contributed by atoms with Gasteiger partial charge >= 0.3 is 15.6 Å². The molecule has 5 aliphatic carbocycles. The van der Waals surface area contributed by atoms with Crippen molar-refractivity contribution in [3.63, 3.8) is 0 Å². The number of hydrogen-bond donors (Lipinski definition) is 0. The number of Topliss-reactive ketones (excluding diaryl/α,β-unsaturated/α-hetero) is 1. The Labute approximate surface area is 243 Å². The highest BCUT2D eigenvalue weighted by molar-refractivity contribution is 7.87. The third kappa shape index (κ3) is 4.83. The van der Waals surface area contributed by atoms with Gasteiger partial charge in [-0.05, 0) is 102 Å². The van der Waals surface area contributed by atoms with E-state index < -0.39 is 21.0 Å². The number of allylic oxidation sites excluding steroid dienone is 4. The highest BCUT2D eigenvalue weighted by Gasteiger charge is 2.65. The number of carbonyl (C=O) groups is 1. The predicted octanol–water partition coefficient (Wildman–Crippen LogP) is 7.97. The van der Waals surface area contributed by atoms with E-state index in [9.17, 15) is 26.4 Å². The quantitative estimate of drug-likeness (QED) is 0.187. The van der Waals surface area contributed by atoms with E-state index in [1.165, 1.54) is 5.57 Å². The van der Waals surface area contributed by atoms with Gasteiger partial charge in [-0.1, -0.05) is 54.0 Å². The van der Waals surface area contributed by atoms with E-state index >= 15 is 0 Å². The number of rotatable bonds is 3. The van der Waals surface area contributed by atoms with Crippen LogP contribution in [0.25, 0.3) is 0 Å². The molecular weight excluding hydrogens is 553 g/mol. The SMILES string of the molecule is C1CO1.CC(C)C1=C2C3CCC4C(C)(CCC5C(C)(C)C(OS(=O)(=O)C(F)(F)F)=CCC54C)C3CCC2(C)CC1=O. The zero-order valence-electron chi connectivity index (χ0n) is 25.6. The Kier molecular flexibility index (Phi) is 7.45. The molecule has 7 atom stereocenters. The Balaban J connectivity index is 0.00000106. The van der Waals surface area contributed by atoms with Crippen molar-refractivity contribution in [1.29, 1.82) is 0 Å². The molecule has 7 unspecified atom stereocenters. The van der Waals surface area contributed by atoms with Crippen molar-refractivity contribution in [3.05, 3.63) is 23.0 Å². The smallest absolute Gasteiger partial charge is 0.380 e. The molecule has 4 fully saturated rings. The van der Waals surface area contributed by atoms with Crippen molar-refractivity contribution in [2.24, 2.45) is 51.2 Å². The summed E-state index contributed by atoms with van der Waals surface area (Å²) in [5, 5.41) is 0. The summed E-state index contributed by atoms with van der Waals surface area (Å²) >= 11 is 0. The molecule has 6 rings (SSSR count). The third-order valence-electron chi connectivity index (χ3n) is 12.1. The van der Waals surface area contributed by atoms with Crippen molar-refractivity contribution >= 4 is 15.9 Å². The van der Waals surface area contributed by atoms with E-state index in [1.54, 1.807) is 6.08 Å². The Morgan fingerprint density at radius 3 is 2.15 bits per heavy atom. The summed E-state index contributed by atoms with van der Waals surface area (Å²) < 4.78 is 72.4. The molecule has 0 radical (unpaired) electrons. The van der Waals surface area contributed by atoms with Crippen molar-refractivity contribution < 1.29 is 35.3 Å². The molecule has 0 aromatic heterocycles. The van der Waals surface area contributed by atoms with Crippen LogP contribution in [-0.4, -0.2) is 32.9 Å². The lowest BCUT2D eigenvalue weighted by molar-refractivity contribution is -0.163. The van der Waals surface area contributed by atoms with Crippen LogP contribution in [0.5, 0.6) is 0 Å². The lowest BCUT2D eigenvalue weighted by atomic mass is 9.37. The molecular formula is C32H47F3O5S. The van der Waals surface area contributed by atoms with Gasteiger partial charge < -0.3 is 8.92 Å². The maximum atomic E-state index is 13.1. The summed E-state index contributed by atoms with van der Waals surface area (Å²) in [6, 6.07) is 0. The first-order valence-corrected chi connectivity index (χ1v) is 16.8. The molecule has 5 nitrogen and oxygen atoms in total. The lowest BCUT2D eigenvalue weighted by Gasteiger charge is -2.67. The predicted molar refractivity (Wildman–Crippen MR) is 151 cm³/mol. The molecule has 0 N–H and O–H groups in total. The lowest BCUT2D eigenvalue weighted by Crippen LogP contribution is -2.60. The highest BCUT2D eigenvalue weighted by atomic mass is 32.2. The summed E-state index contributed by atoms with van der Waals surface area (Å²) in [5.74, 6) is 1.78. The summed E-state index contributed by atoms with van der Waals surface area (Å²) in [5.41, 5.74) is -3.88. The number of carbonyl (C=O) groups excluding carboxylic acids is 1. The van der Waals surface area contributed by atoms with Crippen LogP contribution >= 0.6 is 0 Å². The molecule has 3 saturated carbocycles. The number of hydrogen-bond acceptors (Lipinski definition) is 5. The maximum absolute atomic E-state index is 13.1. The monoisotopic (exact) mass is 600 g/mol. The molecule has 232 valence electrons. The number of fused-ring (bicyclic) bond motifs is 7. The molecule has 1 saturated heterocycles. The van der Waals surface area contributed by atoms with Crippen LogP contribution in [0.15, 0.2) is 23.0 Å². The molecule has 0 amide bonds. The second-order valence-corrected chi connectivity index (χ2v) is 16.8. The Morgan fingerprint density at radius 1 is 0.951 bits per heavy atom. The minimum absolute atomic E-state index is 0.0143. The number of ketones is 1. The molecule has 0 aromatic carbocycles. The fourth-order valence-electron chi connectivity index (χ4n) is 10.5. The van der Waals surface area contributed by atoms with Crippen LogP contribution < -0.4 is 0 Å². The standard InChI is InChI=1S/C30H43F3O4S.C2H4O/c1-17(2)24-20(34)16-27(5)13-10-19-18(25(24)27)8-9-22-28(19,6)14-11-21-26(3,4)23(12-15-29(21,22)7)37-38(35,36)30(31,32)33;1-2-3-1/h12,17-19,21-22H,8-11,13-16H2,1-7H3;1-2H2. The van der Waals surface area contributed by atoms with Crippen molar-refractivity contribution in [3.8, 4) is 0 Å². The molecule has 0 spiro atoms. The minimum atomic E-state index is -5.71. The fourth-order valence-corrected chi connectivity index (χ4v) is 11.1. The Bertz CT molecular complexity index is 1260. The average molecular weight is 601 g/mol. The zero-order valence-corrected chi connectivity index (χ0v) is 26.4. The zero-order chi connectivity index (χ0) is 30.4. The molecule has 1 aliphatic heterocycles. The topological polar surface area (TPSA) is 73.0 Å². The third-order valence-corrected chi connectivity index (χ3v) is 13.1. The Hall–Kier alpha value is -1.35. The van der Waals surface area contributed by atoms with Gasteiger partial charge in [0, 0.05) is 11.8 Å². The van der Waals surface area contributed by atoms with Gasteiger partial charge in [-0.15, -0.1) is 0 Å². The van der Waals surface area contributed by atoms with Gasteiger partial charge in [0.2, 0.25) is 0 Å². The van der Waals surface area contributed by atoms with Crippen LogP contribution in [0, 0.1) is 51.2 Å². The van der Waals surface area contributed by atoms with E-state index in [-0.39, 0.29) is 33.8 Å². The molecule has 9 heteroatoms. The molecule has 0 bridgehead atoms. The number of alkyl halides is 3. The van der Waals surface area contributed by atoms with E-state index in [2.05, 4.69) is 39.4 Å². The van der Waals surface area contributed by atoms with Crippen LogP contribution in [0.1, 0.15) is 99.8 Å². The maximum Gasteiger partial charge on any atom is 0.534 e. The summed E-state index contributed by atoms with van der Waals surface area (Å²) in [7, 11) is -5.71. The second kappa shape index (κ2) is 9.83. The summed E-state index contributed by atoms with van der Waals surface area (Å²) in [6.07, 6.45) is 8.75. The number of ether oxygens (including phenoxy) is 1. The largest absolute Gasteiger partial charge is 0.534 e. The van der Waals surface area contributed by atoms with Gasteiger partial charge in [-0.25, -0.2) is 0 Å². The highest BCUT2D eigenvalue weighted by Crippen LogP contribution is 2.72. The summed E-state index contributed by atoms with van der Waals surface area (Å²) in [6.45, 7) is 17.0. The average Bonchev–Trinajstić information content (AvgIpc) is 3.68. The van der Waals surface area contributed by atoms with Gasteiger partial charge in [-0.3, -0.25) is 4.79 Å². The first-order valence-electron chi connectivity index (χ1n) is 15.4. The van der Waals surface area contributed by atoms with Gasteiger partial charge in [-0.2, -0.15) is 21.6 Å². The van der Waals surface area contributed by atoms with E-state index in [0.717, 1.165) is 57.3 Å².